The summed E-state index contributed by atoms with van der Waals surface area (Å²) in [6.45, 7) is 4.20. The number of nitrogens with one attached hydrogen (secondary N) is 1. The third kappa shape index (κ3) is 3.05. The number of amides is 4. The van der Waals surface area contributed by atoms with E-state index in [4.69, 9.17) is 5.73 Å². The first-order valence-corrected chi connectivity index (χ1v) is 8.66. The number of rotatable bonds is 4. The van der Waals surface area contributed by atoms with Crippen molar-refractivity contribution in [1.82, 2.24) is 15.1 Å². The molecule has 8 heteroatoms. The number of halogens is 1. The summed E-state index contributed by atoms with van der Waals surface area (Å²) in [4.78, 5) is 40.4. The van der Waals surface area contributed by atoms with E-state index < -0.39 is 23.3 Å². The highest BCUT2D eigenvalue weighted by Gasteiger charge is 2.50. The van der Waals surface area contributed by atoms with E-state index in [-0.39, 0.29) is 24.4 Å². The summed E-state index contributed by atoms with van der Waals surface area (Å²) >= 11 is 0. The summed E-state index contributed by atoms with van der Waals surface area (Å²) in [7, 11) is 0. The van der Waals surface area contributed by atoms with Crippen molar-refractivity contribution >= 4 is 17.8 Å². The maximum absolute atomic E-state index is 13.1. The molecule has 0 bridgehead atoms. The number of hydrogen-bond acceptors (Lipinski definition) is 4. The van der Waals surface area contributed by atoms with Gasteiger partial charge in [-0.1, -0.05) is 12.1 Å². The highest BCUT2D eigenvalue weighted by atomic mass is 19.1. The second-order valence-corrected chi connectivity index (χ2v) is 7.19. The number of benzene rings is 1. The number of urea groups is 1. The van der Waals surface area contributed by atoms with Crippen LogP contribution in [0, 0.1) is 11.7 Å². The van der Waals surface area contributed by atoms with Crippen molar-refractivity contribution in [2.24, 2.45) is 11.7 Å². The molecule has 3 unspecified atom stereocenters. The van der Waals surface area contributed by atoms with Gasteiger partial charge in [-0.15, -0.1) is 0 Å². The van der Waals surface area contributed by atoms with Crippen molar-refractivity contribution in [3.8, 4) is 0 Å². The van der Waals surface area contributed by atoms with E-state index in [0.29, 0.717) is 18.7 Å². The maximum Gasteiger partial charge on any atom is 0.325 e. The summed E-state index contributed by atoms with van der Waals surface area (Å²) in [6.07, 6.45) is 0.815. The summed E-state index contributed by atoms with van der Waals surface area (Å²) in [6, 6.07) is 4.76. The van der Waals surface area contributed by atoms with Gasteiger partial charge >= 0.3 is 6.03 Å². The van der Waals surface area contributed by atoms with Gasteiger partial charge in [-0.2, -0.15) is 0 Å². The Balaban J connectivity index is 1.75. The molecule has 0 aliphatic carbocycles. The Morgan fingerprint density at radius 3 is 2.58 bits per heavy atom. The Kier molecular flexibility index (Phi) is 4.70. The van der Waals surface area contributed by atoms with Crippen LogP contribution in [-0.4, -0.2) is 53.3 Å². The molecule has 140 valence electrons. The van der Waals surface area contributed by atoms with Crippen LogP contribution in [0.4, 0.5) is 9.18 Å². The van der Waals surface area contributed by atoms with Crippen LogP contribution in [0.3, 0.4) is 0 Å². The lowest BCUT2D eigenvalue weighted by molar-refractivity contribution is -0.139. The van der Waals surface area contributed by atoms with Crippen molar-refractivity contribution in [2.45, 2.75) is 31.8 Å². The molecule has 2 fully saturated rings. The Labute approximate surface area is 151 Å². The predicted molar refractivity (Wildman–Crippen MR) is 92.3 cm³/mol. The van der Waals surface area contributed by atoms with Gasteiger partial charge in [-0.3, -0.25) is 14.5 Å². The van der Waals surface area contributed by atoms with Gasteiger partial charge in [0.15, 0.2) is 0 Å². The normalized spacial score (nSPS) is 28.6. The second-order valence-electron chi connectivity index (χ2n) is 7.19. The highest BCUT2D eigenvalue weighted by molar-refractivity contribution is 6.09. The summed E-state index contributed by atoms with van der Waals surface area (Å²) in [5, 5.41) is 2.62. The topological polar surface area (TPSA) is 95.7 Å². The summed E-state index contributed by atoms with van der Waals surface area (Å²) in [5.74, 6) is -0.995. The fraction of sp³-hybridized carbons (Fsp3) is 0.500. The molecule has 1 aromatic carbocycles. The van der Waals surface area contributed by atoms with E-state index in [1.807, 2.05) is 6.92 Å². The first-order chi connectivity index (χ1) is 12.3. The third-order valence-corrected chi connectivity index (χ3v) is 5.30. The number of carbonyl (C=O) groups is 3. The van der Waals surface area contributed by atoms with Crippen molar-refractivity contribution in [3.05, 3.63) is 35.6 Å². The number of hydrogen-bond donors (Lipinski definition) is 2. The molecule has 1 aromatic rings. The van der Waals surface area contributed by atoms with Crippen LogP contribution in [0.2, 0.25) is 0 Å². The molecule has 0 spiro atoms. The maximum atomic E-state index is 13.1. The third-order valence-electron chi connectivity index (χ3n) is 5.30. The number of likely N-dealkylation sites (tertiary alicyclic amines) is 1. The van der Waals surface area contributed by atoms with Crippen molar-refractivity contribution in [3.63, 3.8) is 0 Å². The number of nitrogens with zero attached hydrogens (tertiary/aromatic N) is 2. The van der Waals surface area contributed by atoms with Crippen molar-refractivity contribution < 1.29 is 18.8 Å². The fourth-order valence-electron chi connectivity index (χ4n) is 3.71. The Morgan fingerprint density at radius 2 is 2.00 bits per heavy atom. The van der Waals surface area contributed by atoms with Crippen LogP contribution in [0.15, 0.2) is 24.3 Å². The van der Waals surface area contributed by atoms with Gasteiger partial charge in [0.1, 0.15) is 17.9 Å². The van der Waals surface area contributed by atoms with Crippen LogP contribution < -0.4 is 11.1 Å². The molecule has 2 aliphatic rings. The van der Waals surface area contributed by atoms with Crippen molar-refractivity contribution in [1.29, 1.82) is 0 Å². The van der Waals surface area contributed by atoms with Crippen LogP contribution >= 0.6 is 0 Å². The zero-order chi connectivity index (χ0) is 19.1. The molecule has 3 N–H and O–H groups in total. The molecule has 7 nitrogen and oxygen atoms in total. The zero-order valence-corrected chi connectivity index (χ0v) is 14.9. The molecule has 2 saturated heterocycles. The Bertz CT molecular complexity index is 738. The van der Waals surface area contributed by atoms with Crippen LogP contribution in [0.1, 0.15) is 25.8 Å². The zero-order valence-electron chi connectivity index (χ0n) is 14.9. The fourth-order valence-corrected chi connectivity index (χ4v) is 3.71. The molecule has 2 aliphatic heterocycles. The van der Waals surface area contributed by atoms with E-state index >= 15 is 0 Å². The second kappa shape index (κ2) is 6.68. The van der Waals surface area contributed by atoms with Gasteiger partial charge in [0.2, 0.25) is 5.91 Å². The minimum absolute atomic E-state index is 0.0281. The molecule has 3 rings (SSSR count). The lowest BCUT2D eigenvalue weighted by Gasteiger charge is -2.25. The molecule has 2 heterocycles. The predicted octanol–water partition coefficient (Wildman–Crippen LogP) is 0.788. The van der Waals surface area contributed by atoms with E-state index in [1.165, 1.54) is 24.3 Å². The first-order valence-electron chi connectivity index (χ1n) is 8.66. The van der Waals surface area contributed by atoms with Crippen LogP contribution in [-0.2, 0) is 15.1 Å². The van der Waals surface area contributed by atoms with Crippen molar-refractivity contribution in [2.75, 3.05) is 19.6 Å². The number of nitrogens with two attached hydrogens (primary N) is 1. The summed E-state index contributed by atoms with van der Waals surface area (Å²) < 4.78 is 13.1. The van der Waals surface area contributed by atoms with Crippen LogP contribution in [0.25, 0.3) is 0 Å². The smallest absolute Gasteiger partial charge is 0.325 e. The van der Waals surface area contributed by atoms with E-state index in [9.17, 15) is 18.8 Å². The average Bonchev–Trinajstić information content (AvgIpc) is 3.09. The lowest BCUT2D eigenvalue weighted by atomic mass is 9.92. The molecule has 0 aromatic heterocycles. The summed E-state index contributed by atoms with van der Waals surface area (Å²) in [5.41, 5.74) is 4.83. The van der Waals surface area contributed by atoms with Gasteiger partial charge in [-0.25, -0.2) is 9.18 Å². The molecule has 4 amide bonds. The highest BCUT2D eigenvalue weighted by Crippen LogP contribution is 2.29. The largest absolute Gasteiger partial charge is 0.338 e. The number of carbonyl (C=O) groups excluding carboxylic acids is 3. The standard InChI is InChI=1S/C18H23FN4O3/c1-11-7-12(8-20)9-22(11)15(24)10-23-16(25)18(2,21-17(23)26)13-3-5-14(19)6-4-13/h3-6,11-12H,7-10,20H2,1-2H3,(H,21,26). The molecule has 26 heavy (non-hydrogen) atoms. The van der Waals surface area contributed by atoms with Gasteiger partial charge in [0, 0.05) is 12.6 Å². The van der Waals surface area contributed by atoms with E-state index in [2.05, 4.69) is 5.32 Å². The quantitative estimate of drug-likeness (QED) is 0.774. The number of imide groups is 1. The monoisotopic (exact) mass is 362 g/mol. The van der Waals surface area contributed by atoms with E-state index in [1.54, 1.807) is 11.8 Å². The minimum atomic E-state index is -1.32. The van der Waals surface area contributed by atoms with Gasteiger partial charge in [0.25, 0.3) is 5.91 Å². The van der Waals surface area contributed by atoms with Crippen LogP contribution in [0.5, 0.6) is 0 Å². The minimum Gasteiger partial charge on any atom is -0.338 e. The molecular formula is C18H23FN4O3. The van der Waals surface area contributed by atoms with Gasteiger partial charge in [0.05, 0.1) is 0 Å². The molecular weight excluding hydrogens is 339 g/mol. The van der Waals surface area contributed by atoms with E-state index in [0.717, 1.165) is 11.3 Å². The molecule has 0 saturated carbocycles. The first kappa shape index (κ1) is 18.3. The average molecular weight is 362 g/mol. The molecule has 3 atom stereocenters. The van der Waals surface area contributed by atoms with Gasteiger partial charge in [-0.05, 0) is 50.4 Å². The SMILES string of the molecule is CC1CC(CN)CN1C(=O)CN1C(=O)NC(C)(c2ccc(F)cc2)C1=O. The Morgan fingerprint density at radius 1 is 1.35 bits per heavy atom. The Hall–Kier alpha value is -2.48. The lowest BCUT2D eigenvalue weighted by Crippen LogP contribution is -2.45. The van der Waals surface area contributed by atoms with Gasteiger partial charge < -0.3 is 16.0 Å². The molecule has 0 radical (unpaired) electrons.